The Morgan fingerprint density at radius 2 is 1.42 bits per heavy atom. The lowest BCUT2D eigenvalue weighted by Gasteiger charge is -2.15. The van der Waals surface area contributed by atoms with Crippen LogP contribution in [0.1, 0.15) is 32.3 Å². The average molecular weight is 182 g/mol. The minimum Gasteiger partial charge on any atom is -0.197 e. The van der Waals surface area contributed by atoms with Crippen LogP contribution in [0, 0.1) is 5.92 Å². The lowest BCUT2D eigenvalue weighted by Crippen LogP contribution is -2.00. The van der Waals surface area contributed by atoms with Crippen molar-refractivity contribution in [2.45, 2.75) is 26.7 Å². The lowest BCUT2D eigenvalue weighted by molar-refractivity contribution is 0.535. The summed E-state index contributed by atoms with van der Waals surface area (Å²) in [4.78, 5) is 0. The molecule has 12 heavy (non-hydrogen) atoms. The summed E-state index contributed by atoms with van der Waals surface area (Å²) in [6.45, 7) is 6.80. The van der Waals surface area contributed by atoms with Crippen molar-refractivity contribution in [1.82, 2.24) is 0 Å². The molecule has 0 nitrogen and oxygen atoms in total. The molecule has 0 aliphatic heterocycles. The third-order valence-electron chi connectivity index (χ3n) is 2.33. The molecule has 1 rings (SSSR count). The smallest absolute Gasteiger partial charge is 0.0167 e. The Bertz CT molecular complexity index is 204. The molecule has 0 unspecified atom stereocenters. The van der Waals surface area contributed by atoms with Gasteiger partial charge in [-0.15, -0.1) is 0 Å². The number of benzene rings is 1. The standard InChI is InChI=1S/C11H16.H2S/c1-9(2)10(3)11-7-5-4-6-8-11;/h4-10H,1-3H3;1H2/t10-;/m1./s1. The molecule has 68 valence electrons. The first-order valence-corrected chi connectivity index (χ1v) is 4.26. The molecular formula is C11H18S. The molecule has 0 radical (unpaired) electrons. The lowest BCUT2D eigenvalue weighted by atomic mass is 9.91. The number of hydrogen-bond acceptors (Lipinski definition) is 0. The molecule has 1 heteroatoms. The second-order valence-corrected chi connectivity index (χ2v) is 3.44. The van der Waals surface area contributed by atoms with Gasteiger partial charge in [-0.1, -0.05) is 51.1 Å². The summed E-state index contributed by atoms with van der Waals surface area (Å²) >= 11 is 0. The van der Waals surface area contributed by atoms with E-state index in [9.17, 15) is 0 Å². The van der Waals surface area contributed by atoms with Crippen molar-refractivity contribution < 1.29 is 0 Å². The number of hydrogen-bond donors (Lipinski definition) is 0. The molecule has 0 saturated heterocycles. The molecule has 0 heterocycles. The fourth-order valence-corrected chi connectivity index (χ4v) is 1.14. The van der Waals surface area contributed by atoms with Gasteiger partial charge in [0, 0.05) is 0 Å². The van der Waals surface area contributed by atoms with Crippen LogP contribution in [0.5, 0.6) is 0 Å². The molecule has 0 spiro atoms. The summed E-state index contributed by atoms with van der Waals surface area (Å²) in [5, 5.41) is 0. The predicted molar refractivity (Wildman–Crippen MR) is 60.1 cm³/mol. The van der Waals surface area contributed by atoms with Gasteiger partial charge in [0.1, 0.15) is 0 Å². The van der Waals surface area contributed by atoms with Crippen LogP contribution in [-0.4, -0.2) is 0 Å². The Morgan fingerprint density at radius 3 is 1.83 bits per heavy atom. The van der Waals surface area contributed by atoms with Crippen LogP contribution < -0.4 is 0 Å². The third kappa shape index (κ3) is 2.90. The molecule has 0 aromatic heterocycles. The van der Waals surface area contributed by atoms with Crippen LogP contribution in [0.2, 0.25) is 0 Å². The summed E-state index contributed by atoms with van der Waals surface area (Å²) in [6, 6.07) is 10.7. The van der Waals surface area contributed by atoms with Crippen LogP contribution >= 0.6 is 13.5 Å². The summed E-state index contributed by atoms with van der Waals surface area (Å²) in [5.41, 5.74) is 1.45. The van der Waals surface area contributed by atoms with Gasteiger partial charge in [0.25, 0.3) is 0 Å². The van der Waals surface area contributed by atoms with Crippen LogP contribution in [0.3, 0.4) is 0 Å². The molecule has 0 fully saturated rings. The van der Waals surface area contributed by atoms with Crippen molar-refractivity contribution in [2.75, 3.05) is 0 Å². The quantitative estimate of drug-likeness (QED) is 0.656. The molecular weight excluding hydrogens is 164 g/mol. The Morgan fingerprint density at radius 1 is 0.917 bits per heavy atom. The largest absolute Gasteiger partial charge is 0.197 e. The molecule has 1 atom stereocenters. The van der Waals surface area contributed by atoms with Crippen molar-refractivity contribution in [2.24, 2.45) is 5.92 Å². The van der Waals surface area contributed by atoms with Crippen LogP contribution in [0.25, 0.3) is 0 Å². The van der Waals surface area contributed by atoms with Gasteiger partial charge in [0.2, 0.25) is 0 Å². The normalized spacial score (nSPS) is 12.3. The van der Waals surface area contributed by atoms with E-state index < -0.39 is 0 Å². The van der Waals surface area contributed by atoms with Crippen molar-refractivity contribution >= 4 is 13.5 Å². The summed E-state index contributed by atoms with van der Waals surface area (Å²) in [7, 11) is 0. The van der Waals surface area contributed by atoms with Gasteiger partial charge in [-0.05, 0) is 17.4 Å². The molecule has 0 saturated carbocycles. The zero-order valence-electron chi connectivity index (χ0n) is 8.04. The maximum atomic E-state index is 2.28. The van der Waals surface area contributed by atoms with Crippen LogP contribution in [0.15, 0.2) is 30.3 Å². The Labute approximate surface area is 82.4 Å². The number of rotatable bonds is 2. The minimum atomic E-state index is 0. The van der Waals surface area contributed by atoms with E-state index >= 15 is 0 Å². The monoisotopic (exact) mass is 182 g/mol. The van der Waals surface area contributed by atoms with Gasteiger partial charge in [-0.2, -0.15) is 13.5 Å². The average Bonchev–Trinajstić information content (AvgIpc) is 2.05. The van der Waals surface area contributed by atoms with E-state index in [1.165, 1.54) is 5.56 Å². The van der Waals surface area contributed by atoms with Crippen LogP contribution in [-0.2, 0) is 0 Å². The second-order valence-electron chi connectivity index (χ2n) is 3.44. The fraction of sp³-hybridized carbons (Fsp3) is 0.455. The molecule has 0 N–H and O–H groups in total. The van der Waals surface area contributed by atoms with Crippen molar-refractivity contribution in [3.8, 4) is 0 Å². The van der Waals surface area contributed by atoms with Gasteiger partial charge < -0.3 is 0 Å². The van der Waals surface area contributed by atoms with Crippen molar-refractivity contribution in [1.29, 1.82) is 0 Å². The van der Waals surface area contributed by atoms with E-state index in [0.717, 1.165) is 5.92 Å². The van der Waals surface area contributed by atoms with Gasteiger partial charge in [-0.3, -0.25) is 0 Å². The molecule has 0 aliphatic carbocycles. The second kappa shape index (κ2) is 5.26. The van der Waals surface area contributed by atoms with E-state index in [0.29, 0.717) is 5.92 Å². The van der Waals surface area contributed by atoms with E-state index in [4.69, 9.17) is 0 Å². The fourth-order valence-electron chi connectivity index (χ4n) is 1.14. The Kier molecular flexibility index (Phi) is 5.07. The van der Waals surface area contributed by atoms with Gasteiger partial charge >= 0.3 is 0 Å². The Hall–Kier alpha value is -0.430. The summed E-state index contributed by atoms with van der Waals surface area (Å²) in [6.07, 6.45) is 0. The maximum absolute atomic E-state index is 2.28. The summed E-state index contributed by atoms with van der Waals surface area (Å²) in [5.74, 6) is 1.41. The molecule has 0 amide bonds. The van der Waals surface area contributed by atoms with Gasteiger partial charge in [0.05, 0.1) is 0 Å². The third-order valence-corrected chi connectivity index (χ3v) is 2.33. The van der Waals surface area contributed by atoms with E-state index in [1.807, 2.05) is 0 Å². The Balaban J connectivity index is 0.00000121. The zero-order chi connectivity index (χ0) is 8.27. The molecule has 1 aromatic rings. The SMILES string of the molecule is CC(C)[C@@H](C)c1ccccc1.S. The zero-order valence-corrected chi connectivity index (χ0v) is 9.04. The highest BCUT2D eigenvalue weighted by Crippen LogP contribution is 2.22. The first-order valence-electron chi connectivity index (χ1n) is 4.26. The van der Waals surface area contributed by atoms with E-state index in [-0.39, 0.29) is 13.5 Å². The van der Waals surface area contributed by atoms with E-state index in [2.05, 4.69) is 51.1 Å². The highest BCUT2D eigenvalue weighted by molar-refractivity contribution is 7.59. The minimum absolute atomic E-state index is 0. The maximum Gasteiger partial charge on any atom is -0.0167 e. The summed E-state index contributed by atoms with van der Waals surface area (Å²) < 4.78 is 0. The first-order chi connectivity index (χ1) is 5.22. The van der Waals surface area contributed by atoms with Crippen LogP contribution in [0.4, 0.5) is 0 Å². The van der Waals surface area contributed by atoms with Gasteiger partial charge in [-0.25, -0.2) is 0 Å². The van der Waals surface area contributed by atoms with Gasteiger partial charge in [0.15, 0.2) is 0 Å². The highest BCUT2D eigenvalue weighted by Gasteiger charge is 2.07. The predicted octanol–water partition coefficient (Wildman–Crippen LogP) is 3.56. The molecule has 1 aromatic carbocycles. The van der Waals surface area contributed by atoms with Crippen molar-refractivity contribution in [3.63, 3.8) is 0 Å². The molecule has 0 bridgehead atoms. The first kappa shape index (κ1) is 11.6. The topological polar surface area (TPSA) is 0 Å². The van der Waals surface area contributed by atoms with E-state index in [1.54, 1.807) is 0 Å². The molecule has 0 aliphatic rings. The van der Waals surface area contributed by atoms with Crippen molar-refractivity contribution in [3.05, 3.63) is 35.9 Å². The highest BCUT2D eigenvalue weighted by atomic mass is 32.1.